The summed E-state index contributed by atoms with van der Waals surface area (Å²) in [5, 5.41) is 5.71. The fraction of sp³-hybridized carbons (Fsp3) is 0. The number of furan rings is 1. The molecule has 0 bridgehead atoms. The van der Waals surface area contributed by atoms with Gasteiger partial charge in [-0.05, 0) is 95.1 Å². The van der Waals surface area contributed by atoms with Crippen LogP contribution in [-0.2, 0) is 0 Å². The molecular weight excluding hydrogens is 771 g/mol. The molecule has 13 rings (SSSR count). The van der Waals surface area contributed by atoms with E-state index in [-0.39, 0.29) is 0 Å². The van der Waals surface area contributed by atoms with Gasteiger partial charge in [0.25, 0.3) is 0 Å². The minimum absolute atomic E-state index is 0.638. The van der Waals surface area contributed by atoms with E-state index < -0.39 is 0 Å². The van der Waals surface area contributed by atoms with Crippen LogP contribution in [0.5, 0.6) is 0 Å². The van der Waals surface area contributed by atoms with Gasteiger partial charge in [-0.15, -0.1) is 0 Å². The second-order valence-electron chi connectivity index (χ2n) is 16.1. The van der Waals surface area contributed by atoms with Gasteiger partial charge in [0.15, 0.2) is 5.58 Å². The van der Waals surface area contributed by atoms with Gasteiger partial charge < -0.3 is 8.98 Å². The molecule has 0 saturated carbocycles. The molecule has 0 spiro atoms. The van der Waals surface area contributed by atoms with Gasteiger partial charge in [0.2, 0.25) is 5.95 Å². The van der Waals surface area contributed by atoms with Crippen LogP contribution in [0.3, 0.4) is 0 Å². The number of pyridine rings is 1. The second kappa shape index (κ2) is 14.0. The Hall–Kier alpha value is -8.61. The Morgan fingerprint density at radius 3 is 1.67 bits per heavy atom. The SMILES string of the molecule is c1ccc(-c2cc(-c3ccccc3)nc(-n3c4ccccc4c4cc(-c5cccc(-c6ccc7c8ccccc8n(-c8ccc9oc%10cccnc%10c9c8)c7c6)c5)ccc43)n2)cc1. The van der Waals surface area contributed by atoms with Crippen LogP contribution < -0.4 is 0 Å². The van der Waals surface area contributed by atoms with Crippen molar-refractivity contribution in [3.05, 3.63) is 212 Å². The van der Waals surface area contributed by atoms with Gasteiger partial charge in [-0.1, -0.05) is 133 Å². The Balaban J connectivity index is 0.937. The molecule has 0 fully saturated rings. The van der Waals surface area contributed by atoms with Crippen molar-refractivity contribution in [1.29, 1.82) is 0 Å². The van der Waals surface area contributed by atoms with Gasteiger partial charge in [0, 0.05) is 49.9 Å². The van der Waals surface area contributed by atoms with E-state index in [0.29, 0.717) is 5.95 Å². The third-order valence-corrected chi connectivity index (χ3v) is 12.4. The van der Waals surface area contributed by atoms with E-state index >= 15 is 0 Å². The highest BCUT2D eigenvalue weighted by Crippen LogP contribution is 2.39. The smallest absolute Gasteiger partial charge is 0.235 e. The summed E-state index contributed by atoms with van der Waals surface area (Å²) in [5.74, 6) is 0.638. The zero-order valence-corrected chi connectivity index (χ0v) is 33.9. The highest BCUT2D eigenvalue weighted by molar-refractivity contribution is 6.12. The summed E-state index contributed by atoms with van der Waals surface area (Å²) in [4.78, 5) is 15.1. The molecule has 0 saturated heterocycles. The lowest BCUT2D eigenvalue weighted by Crippen LogP contribution is -2.03. The Labute approximate surface area is 361 Å². The lowest BCUT2D eigenvalue weighted by molar-refractivity contribution is 0.668. The van der Waals surface area contributed by atoms with Crippen LogP contribution in [-0.4, -0.2) is 24.1 Å². The van der Waals surface area contributed by atoms with E-state index in [2.05, 4.69) is 196 Å². The molecule has 0 radical (unpaired) electrons. The lowest BCUT2D eigenvalue weighted by Gasteiger charge is -2.12. The fourth-order valence-electron chi connectivity index (χ4n) is 9.45. The Morgan fingerprint density at radius 1 is 0.333 bits per heavy atom. The number of nitrogens with zero attached hydrogens (tertiary/aromatic N) is 5. The summed E-state index contributed by atoms with van der Waals surface area (Å²) in [6.45, 7) is 0. The highest BCUT2D eigenvalue weighted by Gasteiger charge is 2.19. The van der Waals surface area contributed by atoms with Crippen LogP contribution in [0.15, 0.2) is 217 Å². The molecule has 6 nitrogen and oxygen atoms in total. The number of fused-ring (bicyclic) bond motifs is 9. The first kappa shape index (κ1) is 35.2. The van der Waals surface area contributed by atoms with Crippen molar-refractivity contribution in [2.75, 3.05) is 0 Å². The van der Waals surface area contributed by atoms with Crippen LogP contribution >= 0.6 is 0 Å². The summed E-state index contributed by atoms with van der Waals surface area (Å²) >= 11 is 0. The third kappa shape index (κ3) is 5.69. The van der Waals surface area contributed by atoms with Gasteiger partial charge in [-0.2, -0.15) is 0 Å². The van der Waals surface area contributed by atoms with E-state index in [1.54, 1.807) is 0 Å². The number of hydrogen-bond donors (Lipinski definition) is 0. The van der Waals surface area contributed by atoms with Crippen molar-refractivity contribution in [1.82, 2.24) is 24.1 Å². The van der Waals surface area contributed by atoms with E-state index in [0.717, 1.165) is 105 Å². The molecular formula is C57H35N5O. The van der Waals surface area contributed by atoms with E-state index in [9.17, 15) is 0 Å². The molecule has 0 atom stereocenters. The predicted octanol–water partition coefficient (Wildman–Crippen LogP) is 14.6. The first-order valence-electron chi connectivity index (χ1n) is 21.2. The normalized spacial score (nSPS) is 11.8. The summed E-state index contributed by atoms with van der Waals surface area (Å²) in [7, 11) is 0. The van der Waals surface area contributed by atoms with E-state index in [1.807, 2.05) is 30.5 Å². The highest BCUT2D eigenvalue weighted by atomic mass is 16.3. The Morgan fingerprint density at radius 2 is 0.921 bits per heavy atom. The zero-order valence-electron chi connectivity index (χ0n) is 33.9. The molecule has 0 amide bonds. The predicted molar refractivity (Wildman–Crippen MR) is 258 cm³/mol. The van der Waals surface area contributed by atoms with Gasteiger partial charge in [0.05, 0.1) is 33.5 Å². The Kier molecular flexibility index (Phi) is 7.80. The summed E-state index contributed by atoms with van der Waals surface area (Å²) in [5.41, 5.74) is 16.4. The molecule has 63 heavy (non-hydrogen) atoms. The average Bonchev–Trinajstić information content (AvgIpc) is 4.01. The molecule has 6 heteroatoms. The Bertz CT molecular complexity index is 3860. The minimum Gasteiger partial charge on any atom is -0.454 e. The van der Waals surface area contributed by atoms with E-state index in [1.165, 1.54) is 10.8 Å². The molecule has 0 unspecified atom stereocenters. The van der Waals surface area contributed by atoms with Gasteiger partial charge in [-0.25, -0.2) is 9.97 Å². The number of hydrogen-bond acceptors (Lipinski definition) is 4. The molecule has 0 aliphatic heterocycles. The summed E-state index contributed by atoms with van der Waals surface area (Å²) in [6, 6.07) is 72.8. The van der Waals surface area contributed by atoms with Crippen molar-refractivity contribution in [3.8, 4) is 56.4 Å². The van der Waals surface area contributed by atoms with Crippen molar-refractivity contribution in [2.45, 2.75) is 0 Å². The molecule has 13 aromatic rings. The standard InChI is InChI=1S/C57H35N5O/c1-3-13-36(14-4-1)48-35-49(37-15-5-2-6-16-37)60-57(59-48)62-51-22-10-8-20-44(51)46-32-40(25-28-52(46)62)38-17-11-18-39(31-38)41-24-27-45-43-19-7-9-21-50(43)61(53(45)33-41)42-26-29-54-47(34-42)56-55(63-54)23-12-30-58-56/h1-35H. The summed E-state index contributed by atoms with van der Waals surface area (Å²) in [6.07, 6.45) is 1.82. The van der Waals surface area contributed by atoms with Crippen molar-refractivity contribution in [3.63, 3.8) is 0 Å². The average molecular weight is 806 g/mol. The maximum atomic E-state index is 6.15. The van der Waals surface area contributed by atoms with Gasteiger partial charge >= 0.3 is 0 Å². The van der Waals surface area contributed by atoms with Crippen molar-refractivity contribution in [2.24, 2.45) is 0 Å². The van der Waals surface area contributed by atoms with Crippen LogP contribution in [0.25, 0.3) is 122 Å². The summed E-state index contributed by atoms with van der Waals surface area (Å²) < 4.78 is 10.7. The number of para-hydroxylation sites is 2. The number of aromatic nitrogens is 5. The topological polar surface area (TPSA) is 61.7 Å². The van der Waals surface area contributed by atoms with Crippen LogP contribution in [0, 0.1) is 0 Å². The van der Waals surface area contributed by atoms with Gasteiger partial charge in [-0.3, -0.25) is 9.55 Å². The number of benzene rings is 8. The van der Waals surface area contributed by atoms with E-state index in [4.69, 9.17) is 14.4 Å². The molecule has 294 valence electrons. The first-order valence-corrected chi connectivity index (χ1v) is 21.2. The van der Waals surface area contributed by atoms with Gasteiger partial charge in [0.1, 0.15) is 11.1 Å². The maximum Gasteiger partial charge on any atom is 0.235 e. The fourth-order valence-corrected chi connectivity index (χ4v) is 9.45. The van der Waals surface area contributed by atoms with Crippen molar-refractivity contribution < 1.29 is 4.42 Å². The zero-order chi connectivity index (χ0) is 41.4. The van der Waals surface area contributed by atoms with Crippen LogP contribution in [0.2, 0.25) is 0 Å². The largest absolute Gasteiger partial charge is 0.454 e. The lowest BCUT2D eigenvalue weighted by atomic mass is 9.97. The quantitative estimate of drug-likeness (QED) is 0.168. The first-order chi connectivity index (χ1) is 31.2. The molecule has 5 aromatic heterocycles. The van der Waals surface area contributed by atoms with Crippen molar-refractivity contribution >= 4 is 65.7 Å². The maximum absolute atomic E-state index is 6.15. The monoisotopic (exact) mass is 805 g/mol. The molecule has 0 aliphatic rings. The van der Waals surface area contributed by atoms with Crippen LogP contribution in [0.4, 0.5) is 0 Å². The molecule has 8 aromatic carbocycles. The molecule has 5 heterocycles. The number of rotatable bonds is 6. The minimum atomic E-state index is 0.638. The van der Waals surface area contributed by atoms with Crippen LogP contribution in [0.1, 0.15) is 0 Å². The second-order valence-corrected chi connectivity index (χ2v) is 16.1. The third-order valence-electron chi connectivity index (χ3n) is 12.4. The molecule has 0 N–H and O–H groups in total. The molecule has 0 aliphatic carbocycles.